The van der Waals surface area contributed by atoms with Gasteiger partial charge in [-0.3, -0.25) is 0 Å². The van der Waals surface area contributed by atoms with E-state index in [4.69, 9.17) is 4.74 Å². The number of rotatable bonds is 1. The van der Waals surface area contributed by atoms with E-state index in [0.29, 0.717) is 5.69 Å². The van der Waals surface area contributed by atoms with E-state index in [0.717, 1.165) is 21.9 Å². The number of ether oxygens (including phenoxy) is 1. The first-order valence-corrected chi connectivity index (χ1v) is 5.80. The number of aryl methyl sites for hydroxylation is 1. The Hall–Kier alpha value is -2.29. The van der Waals surface area contributed by atoms with Gasteiger partial charge in [-0.05, 0) is 29.3 Å². The molecule has 0 radical (unpaired) electrons. The van der Waals surface area contributed by atoms with E-state index in [-0.39, 0.29) is 5.97 Å². The zero-order valence-corrected chi connectivity index (χ0v) is 10.3. The van der Waals surface area contributed by atoms with Gasteiger partial charge >= 0.3 is 5.97 Å². The number of aromatic amines is 1. The number of benzene rings is 2. The normalized spacial score (nSPS) is 11.0. The average molecular weight is 239 g/mol. The van der Waals surface area contributed by atoms with Gasteiger partial charge in [-0.2, -0.15) is 0 Å². The second-order valence-corrected chi connectivity index (χ2v) is 4.33. The van der Waals surface area contributed by atoms with Gasteiger partial charge in [0.15, 0.2) is 0 Å². The van der Waals surface area contributed by atoms with Crippen molar-refractivity contribution in [3.8, 4) is 0 Å². The van der Waals surface area contributed by atoms with Crippen molar-refractivity contribution in [2.75, 3.05) is 7.11 Å². The van der Waals surface area contributed by atoms with Crippen LogP contribution in [-0.4, -0.2) is 18.1 Å². The van der Waals surface area contributed by atoms with Crippen LogP contribution < -0.4 is 0 Å². The van der Waals surface area contributed by atoms with Gasteiger partial charge in [0.2, 0.25) is 0 Å². The largest absolute Gasteiger partial charge is 0.464 e. The van der Waals surface area contributed by atoms with Crippen LogP contribution in [0.5, 0.6) is 0 Å². The number of aromatic nitrogens is 1. The topological polar surface area (TPSA) is 42.1 Å². The molecule has 3 heteroatoms. The quantitative estimate of drug-likeness (QED) is 0.661. The van der Waals surface area contributed by atoms with Crippen LogP contribution in [0.25, 0.3) is 21.7 Å². The standard InChI is InChI=1S/C15H13NO2/c1-9-13-11-6-4-3-5-10(11)7-8-12(13)16-14(9)15(17)18-2/h3-8,16H,1-2H3. The fourth-order valence-electron chi connectivity index (χ4n) is 2.44. The number of nitrogens with one attached hydrogen (secondary N) is 1. The van der Waals surface area contributed by atoms with E-state index in [1.807, 2.05) is 25.1 Å². The Balaban J connectivity index is 2.44. The monoisotopic (exact) mass is 239 g/mol. The second kappa shape index (κ2) is 3.88. The molecule has 3 rings (SSSR count). The van der Waals surface area contributed by atoms with Crippen molar-refractivity contribution in [1.82, 2.24) is 4.98 Å². The summed E-state index contributed by atoms with van der Waals surface area (Å²) in [5, 5.41) is 3.41. The van der Waals surface area contributed by atoms with Crippen molar-refractivity contribution in [2.24, 2.45) is 0 Å². The molecule has 1 heterocycles. The minimum absolute atomic E-state index is 0.326. The van der Waals surface area contributed by atoms with E-state index in [2.05, 4.69) is 23.2 Å². The summed E-state index contributed by atoms with van der Waals surface area (Å²) in [6.07, 6.45) is 0. The summed E-state index contributed by atoms with van der Waals surface area (Å²) in [6, 6.07) is 12.2. The highest BCUT2D eigenvalue weighted by molar-refractivity contribution is 6.11. The first kappa shape index (κ1) is 10.8. The lowest BCUT2D eigenvalue weighted by molar-refractivity contribution is 0.0594. The highest BCUT2D eigenvalue weighted by Gasteiger charge is 2.16. The maximum Gasteiger partial charge on any atom is 0.354 e. The van der Waals surface area contributed by atoms with E-state index >= 15 is 0 Å². The lowest BCUT2D eigenvalue weighted by Gasteiger charge is -2.00. The number of carbonyl (C=O) groups is 1. The highest BCUT2D eigenvalue weighted by Crippen LogP contribution is 2.29. The number of hydrogen-bond donors (Lipinski definition) is 1. The fourth-order valence-corrected chi connectivity index (χ4v) is 2.44. The van der Waals surface area contributed by atoms with Gasteiger partial charge in [0, 0.05) is 10.9 Å². The molecule has 18 heavy (non-hydrogen) atoms. The Bertz CT molecular complexity index is 756. The SMILES string of the molecule is COC(=O)c1[nH]c2ccc3ccccc3c2c1C. The molecule has 3 nitrogen and oxygen atoms in total. The molecule has 0 atom stereocenters. The second-order valence-electron chi connectivity index (χ2n) is 4.33. The van der Waals surface area contributed by atoms with Crippen molar-refractivity contribution >= 4 is 27.6 Å². The number of fused-ring (bicyclic) bond motifs is 3. The summed E-state index contributed by atoms with van der Waals surface area (Å²) in [7, 11) is 1.39. The van der Waals surface area contributed by atoms with Crippen molar-refractivity contribution in [2.45, 2.75) is 6.92 Å². The van der Waals surface area contributed by atoms with Crippen LogP contribution in [0, 0.1) is 6.92 Å². The first-order chi connectivity index (χ1) is 8.72. The average Bonchev–Trinajstić information content (AvgIpc) is 2.76. The predicted octanol–water partition coefficient (Wildman–Crippen LogP) is 3.42. The fraction of sp³-hybridized carbons (Fsp3) is 0.133. The van der Waals surface area contributed by atoms with Gasteiger partial charge in [-0.15, -0.1) is 0 Å². The summed E-state index contributed by atoms with van der Waals surface area (Å²) in [5.74, 6) is -0.326. The van der Waals surface area contributed by atoms with Gasteiger partial charge in [0.05, 0.1) is 7.11 Å². The minimum atomic E-state index is -0.326. The summed E-state index contributed by atoms with van der Waals surface area (Å²) >= 11 is 0. The zero-order valence-electron chi connectivity index (χ0n) is 10.3. The Morgan fingerprint density at radius 1 is 1.17 bits per heavy atom. The zero-order chi connectivity index (χ0) is 12.7. The predicted molar refractivity (Wildman–Crippen MR) is 71.9 cm³/mol. The maximum atomic E-state index is 11.7. The summed E-state index contributed by atoms with van der Waals surface area (Å²) < 4.78 is 4.79. The van der Waals surface area contributed by atoms with Crippen LogP contribution >= 0.6 is 0 Å². The van der Waals surface area contributed by atoms with Crippen molar-refractivity contribution in [1.29, 1.82) is 0 Å². The molecule has 0 aliphatic rings. The van der Waals surface area contributed by atoms with Gasteiger partial charge in [0.1, 0.15) is 5.69 Å². The minimum Gasteiger partial charge on any atom is -0.464 e. The molecule has 0 bridgehead atoms. The van der Waals surface area contributed by atoms with Crippen molar-refractivity contribution in [3.63, 3.8) is 0 Å². The molecule has 1 N–H and O–H groups in total. The van der Waals surface area contributed by atoms with Crippen molar-refractivity contribution < 1.29 is 9.53 Å². The maximum absolute atomic E-state index is 11.7. The first-order valence-electron chi connectivity index (χ1n) is 5.80. The number of hydrogen-bond acceptors (Lipinski definition) is 2. The number of esters is 1. The lowest BCUT2D eigenvalue weighted by Crippen LogP contribution is -2.02. The Morgan fingerprint density at radius 2 is 1.94 bits per heavy atom. The number of carbonyl (C=O) groups excluding carboxylic acids is 1. The third-order valence-corrected chi connectivity index (χ3v) is 3.33. The summed E-state index contributed by atoms with van der Waals surface area (Å²) in [6.45, 7) is 1.94. The Labute approximate surface area is 104 Å². The Morgan fingerprint density at radius 3 is 2.72 bits per heavy atom. The summed E-state index contributed by atoms with van der Waals surface area (Å²) in [5.41, 5.74) is 2.43. The van der Waals surface area contributed by atoms with Crippen LogP contribution in [0.3, 0.4) is 0 Å². The van der Waals surface area contributed by atoms with E-state index in [1.165, 1.54) is 12.5 Å². The molecule has 0 saturated heterocycles. The molecule has 2 aromatic carbocycles. The number of H-pyrrole nitrogens is 1. The van der Waals surface area contributed by atoms with Crippen LogP contribution in [0.1, 0.15) is 16.1 Å². The molecule has 0 aliphatic carbocycles. The molecule has 0 amide bonds. The molecular weight excluding hydrogens is 226 g/mol. The smallest absolute Gasteiger partial charge is 0.354 e. The van der Waals surface area contributed by atoms with Gasteiger partial charge in [-0.1, -0.05) is 30.3 Å². The van der Waals surface area contributed by atoms with Gasteiger partial charge < -0.3 is 9.72 Å². The molecule has 3 aromatic rings. The molecule has 90 valence electrons. The lowest BCUT2D eigenvalue weighted by atomic mass is 10.0. The van der Waals surface area contributed by atoms with E-state index in [9.17, 15) is 4.79 Å². The third kappa shape index (κ3) is 1.40. The molecule has 1 aromatic heterocycles. The molecule has 0 fully saturated rings. The van der Waals surface area contributed by atoms with Crippen LogP contribution in [0.4, 0.5) is 0 Å². The molecule has 0 saturated carbocycles. The van der Waals surface area contributed by atoms with E-state index < -0.39 is 0 Å². The van der Waals surface area contributed by atoms with Gasteiger partial charge in [0.25, 0.3) is 0 Å². The van der Waals surface area contributed by atoms with E-state index in [1.54, 1.807) is 0 Å². The third-order valence-electron chi connectivity index (χ3n) is 3.33. The Kier molecular flexibility index (Phi) is 2.33. The van der Waals surface area contributed by atoms with Crippen LogP contribution in [0.15, 0.2) is 36.4 Å². The molecule has 0 unspecified atom stereocenters. The molecular formula is C15H13NO2. The van der Waals surface area contributed by atoms with Crippen molar-refractivity contribution in [3.05, 3.63) is 47.7 Å². The van der Waals surface area contributed by atoms with Gasteiger partial charge in [-0.25, -0.2) is 4.79 Å². The highest BCUT2D eigenvalue weighted by atomic mass is 16.5. The summed E-state index contributed by atoms with van der Waals surface area (Å²) in [4.78, 5) is 14.8. The number of methoxy groups -OCH3 is 1. The van der Waals surface area contributed by atoms with Crippen LogP contribution in [-0.2, 0) is 4.74 Å². The molecule has 0 spiro atoms. The van der Waals surface area contributed by atoms with Crippen LogP contribution in [0.2, 0.25) is 0 Å². The molecule has 0 aliphatic heterocycles.